The normalized spacial score (nSPS) is 15.7. The number of nitrogens with zero attached hydrogens (tertiary/aromatic N) is 1. The van der Waals surface area contributed by atoms with Crippen molar-refractivity contribution < 1.29 is 13.2 Å². The fourth-order valence-electron chi connectivity index (χ4n) is 1.82. The fourth-order valence-corrected chi connectivity index (χ4v) is 2.75. The third kappa shape index (κ3) is 7.49. The molecule has 0 spiro atoms. The molecular weight excluding hydrogens is 266 g/mol. The van der Waals surface area contributed by atoms with E-state index in [1.165, 1.54) is 23.4 Å². The molecule has 1 rings (SSSR count). The predicted octanol–water partition coefficient (Wildman–Crippen LogP) is -0.226. The van der Waals surface area contributed by atoms with E-state index in [9.17, 15) is 13.2 Å². The molecule has 6 nitrogen and oxygen atoms in total. The average molecular weight is 291 g/mol. The number of carbonyl (C=O) groups is 1. The molecular formula is C12H25N3O3S. The molecule has 1 amide bonds. The summed E-state index contributed by atoms with van der Waals surface area (Å²) in [6.07, 6.45) is 4.38. The minimum absolute atomic E-state index is 0.0249. The van der Waals surface area contributed by atoms with Crippen molar-refractivity contribution in [1.82, 2.24) is 14.9 Å². The Labute approximate surface area is 116 Å². The predicted molar refractivity (Wildman–Crippen MR) is 75.3 cm³/mol. The lowest BCUT2D eigenvalue weighted by atomic mass is 10.4. The highest BCUT2D eigenvalue weighted by Gasteiger charge is 2.20. The van der Waals surface area contributed by atoms with Crippen molar-refractivity contribution >= 4 is 15.9 Å². The van der Waals surface area contributed by atoms with Crippen molar-refractivity contribution in [3.8, 4) is 0 Å². The second kappa shape index (κ2) is 7.81. The van der Waals surface area contributed by atoms with Crippen LogP contribution in [0.5, 0.6) is 0 Å². The Bertz CT molecular complexity index is 380. The molecule has 0 atom stereocenters. The minimum atomic E-state index is -3.12. The van der Waals surface area contributed by atoms with E-state index in [2.05, 4.69) is 10.6 Å². The second-order valence-electron chi connectivity index (χ2n) is 5.03. The first kappa shape index (κ1) is 16.4. The van der Waals surface area contributed by atoms with Crippen LogP contribution in [0, 0.1) is 5.92 Å². The van der Waals surface area contributed by atoms with Gasteiger partial charge in [-0.2, -0.15) is 0 Å². The van der Waals surface area contributed by atoms with Gasteiger partial charge in [-0.25, -0.2) is 12.7 Å². The van der Waals surface area contributed by atoms with Crippen LogP contribution in [0.4, 0.5) is 0 Å². The molecule has 1 aliphatic rings. The summed E-state index contributed by atoms with van der Waals surface area (Å²) >= 11 is 0. The van der Waals surface area contributed by atoms with Crippen LogP contribution in [-0.4, -0.2) is 57.6 Å². The molecule has 1 aliphatic carbocycles. The largest absolute Gasteiger partial charge is 0.355 e. The first-order valence-electron chi connectivity index (χ1n) is 6.86. The van der Waals surface area contributed by atoms with Gasteiger partial charge in [0.2, 0.25) is 15.9 Å². The van der Waals surface area contributed by atoms with E-state index < -0.39 is 10.0 Å². The van der Waals surface area contributed by atoms with Gasteiger partial charge in [-0.15, -0.1) is 0 Å². The van der Waals surface area contributed by atoms with Crippen LogP contribution in [-0.2, 0) is 14.8 Å². The zero-order valence-corrected chi connectivity index (χ0v) is 12.6. The van der Waals surface area contributed by atoms with Gasteiger partial charge in [0.05, 0.1) is 12.8 Å². The van der Waals surface area contributed by atoms with Crippen LogP contribution in [0.2, 0.25) is 0 Å². The number of hydrogen-bond acceptors (Lipinski definition) is 4. The molecule has 0 heterocycles. The Hall–Kier alpha value is -0.660. The third-order valence-corrected chi connectivity index (χ3v) is 4.52. The van der Waals surface area contributed by atoms with Crippen molar-refractivity contribution in [3.63, 3.8) is 0 Å². The molecule has 1 fully saturated rings. The maximum absolute atomic E-state index is 11.5. The fraction of sp³-hybridized carbons (Fsp3) is 0.917. The molecule has 0 radical (unpaired) electrons. The van der Waals surface area contributed by atoms with Crippen molar-refractivity contribution in [3.05, 3.63) is 0 Å². The molecule has 112 valence electrons. The molecule has 0 saturated heterocycles. The van der Waals surface area contributed by atoms with Gasteiger partial charge in [-0.3, -0.25) is 4.79 Å². The molecule has 19 heavy (non-hydrogen) atoms. The van der Waals surface area contributed by atoms with Crippen LogP contribution < -0.4 is 10.6 Å². The lowest BCUT2D eigenvalue weighted by Gasteiger charge is -2.17. The highest BCUT2D eigenvalue weighted by Crippen LogP contribution is 2.27. The SMILES string of the molecule is CCN(CCCNC(=O)CNCC1CC1)S(C)(=O)=O. The molecule has 2 N–H and O–H groups in total. The van der Waals surface area contributed by atoms with E-state index >= 15 is 0 Å². The Morgan fingerprint density at radius 3 is 2.58 bits per heavy atom. The summed E-state index contributed by atoms with van der Waals surface area (Å²) < 4.78 is 24.1. The van der Waals surface area contributed by atoms with Crippen molar-refractivity contribution in [2.75, 3.05) is 39.0 Å². The van der Waals surface area contributed by atoms with E-state index in [1.54, 1.807) is 6.92 Å². The molecule has 0 aromatic heterocycles. The summed E-state index contributed by atoms with van der Waals surface area (Å²) in [4.78, 5) is 11.5. The van der Waals surface area contributed by atoms with E-state index in [1.807, 2.05) is 0 Å². The number of amides is 1. The zero-order valence-electron chi connectivity index (χ0n) is 11.8. The summed E-state index contributed by atoms with van der Waals surface area (Å²) in [7, 11) is -3.12. The number of sulfonamides is 1. The van der Waals surface area contributed by atoms with E-state index in [0.717, 1.165) is 12.5 Å². The van der Waals surface area contributed by atoms with E-state index in [-0.39, 0.29) is 5.91 Å². The summed E-state index contributed by atoms with van der Waals surface area (Å²) in [6, 6.07) is 0. The van der Waals surface area contributed by atoms with Gasteiger partial charge >= 0.3 is 0 Å². The highest BCUT2D eigenvalue weighted by atomic mass is 32.2. The molecule has 0 bridgehead atoms. The zero-order chi connectivity index (χ0) is 14.3. The van der Waals surface area contributed by atoms with Gasteiger partial charge in [0, 0.05) is 19.6 Å². The Morgan fingerprint density at radius 1 is 1.37 bits per heavy atom. The standard InChI is InChI=1S/C12H25N3O3S/c1-3-15(19(2,17)18)8-4-7-14-12(16)10-13-9-11-5-6-11/h11,13H,3-10H2,1-2H3,(H,14,16). The van der Waals surface area contributed by atoms with Crippen LogP contribution in [0.1, 0.15) is 26.2 Å². The first-order valence-corrected chi connectivity index (χ1v) is 8.71. The smallest absolute Gasteiger partial charge is 0.233 e. The first-order chi connectivity index (χ1) is 8.93. The van der Waals surface area contributed by atoms with Crippen LogP contribution in [0.3, 0.4) is 0 Å². The Balaban J connectivity index is 2.03. The highest BCUT2D eigenvalue weighted by molar-refractivity contribution is 7.88. The van der Waals surface area contributed by atoms with Gasteiger partial charge in [-0.1, -0.05) is 6.92 Å². The van der Waals surface area contributed by atoms with Crippen LogP contribution >= 0.6 is 0 Å². The monoisotopic (exact) mass is 291 g/mol. The average Bonchev–Trinajstić information content (AvgIpc) is 3.11. The maximum atomic E-state index is 11.5. The Morgan fingerprint density at radius 2 is 2.05 bits per heavy atom. The molecule has 1 saturated carbocycles. The summed E-state index contributed by atoms with van der Waals surface area (Å²) in [5, 5.41) is 5.90. The van der Waals surface area contributed by atoms with Gasteiger partial charge in [0.15, 0.2) is 0 Å². The van der Waals surface area contributed by atoms with Crippen molar-refractivity contribution in [2.45, 2.75) is 26.2 Å². The van der Waals surface area contributed by atoms with Crippen LogP contribution in [0.15, 0.2) is 0 Å². The maximum Gasteiger partial charge on any atom is 0.233 e. The lowest BCUT2D eigenvalue weighted by Crippen LogP contribution is -2.37. The topological polar surface area (TPSA) is 78.5 Å². The van der Waals surface area contributed by atoms with E-state index in [4.69, 9.17) is 0 Å². The van der Waals surface area contributed by atoms with E-state index in [0.29, 0.717) is 32.6 Å². The quantitative estimate of drug-likeness (QED) is 0.545. The number of nitrogens with one attached hydrogen (secondary N) is 2. The summed E-state index contributed by atoms with van der Waals surface area (Å²) in [6.45, 7) is 4.50. The molecule has 0 aromatic rings. The van der Waals surface area contributed by atoms with Crippen LogP contribution in [0.25, 0.3) is 0 Å². The molecule has 0 aliphatic heterocycles. The van der Waals surface area contributed by atoms with Gasteiger partial charge in [0.1, 0.15) is 0 Å². The van der Waals surface area contributed by atoms with Gasteiger partial charge < -0.3 is 10.6 Å². The third-order valence-electron chi connectivity index (χ3n) is 3.14. The van der Waals surface area contributed by atoms with Crippen molar-refractivity contribution in [2.24, 2.45) is 5.92 Å². The number of rotatable bonds is 10. The van der Waals surface area contributed by atoms with Crippen molar-refractivity contribution in [1.29, 1.82) is 0 Å². The summed E-state index contributed by atoms with van der Waals surface area (Å²) in [5.41, 5.74) is 0. The number of carbonyl (C=O) groups excluding carboxylic acids is 1. The molecule has 7 heteroatoms. The molecule has 0 aromatic carbocycles. The molecule has 0 unspecified atom stereocenters. The Kier molecular flexibility index (Phi) is 6.74. The lowest BCUT2D eigenvalue weighted by molar-refractivity contribution is -0.120. The minimum Gasteiger partial charge on any atom is -0.355 e. The summed E-state index contributed by atoms with van der Waals surface area (Å²) in [5.74, 6) is 0.740. The van der Waals surface area contributed by atoms with Gasteiger partial charge in [0.25, 0.3) is 0 Å². The second-order valence-corrected chi connectivity index (χ2v) is 7.01. The number of hydrogen-bond donors (Lipinski definition) is 2. The van der Waals surface area contributed by atoms with Gasteiger partial charge in [-0.05, 0) is 31.7 Å².